The van der Waals surface area contributed by atoms with E-state index < -0.39 is 0 Å². The highest BCUT2D eigenvalue weighted by Gasteiger charge is 2.51. The molecule has 0 unspecified atom stereocenters. The molecule has 1 atom stereocenters. The molecule has 4 nitrogen and oxygen atoms in total. The predicted octanol–water partition coefficient (Wildman–Crippen LogP) is 3.08. The van der Waals surface area contributed by atoms with Gasteiger partial charge in [-0.3, -0.25) is 9.59 Å². The topological polar surface area (TPSA) is 58.2 Å². The van der Waals surface area contributed by atoms with Crippen molar-refractivity contribution in [3.8, 4) is 0 Å². The minimum atomic E-state index is -0.209. The molecule has 0 saturated heterocycles. The maximum Gasteiger partial charge on any atom is 0.247 e. The van der Waals surface area contributed by atoms with E-state index in [2.05, 4.69) is 30.6 Å². The molecule has 128 valence electrons. The van der Waals surface area contributed by atoms with Crippen LogP contribution in [0, 0.1) is 11.3 Å². The molecule has 3 rings (SSSR count). The molecule has 0 aromatic rings. The molecule has 0 spiro atoms. The SMILES string of the molecule is CC1(C)C[C@@H]1C(=O)NCC1(NC(=O)C2=CCCCCC2)CCC1. The Morgan fingerprint density at radius 2 is 1.91 bits per heavy atom. The Morgan fingerprint density at radius 3 is 2.52 bits per heavy atom. The van der Waals surface area contributed by atoms with Crippen molar-refractivity contribution in [1.29, 1.82) is 0 Å². The van der Waals surface area contributed by atoms with Crippen LogP contribution in [0.25, 0.3) is 0 Å². The number of hydrogen-bond acceptors (Lipinski definition) is 2. The molecule has 3 aliphatic carbocycles. The maximum atomic E-state index is 12.6. The van der Waals surface area contributed by atoms with Crippen LogP contribution in [0.2, 0.25) is 0 Å². The molecule has 0 heterocycles. The van der Waals surface area contributed by atoms with Gasteiger partial charge in [0.1, 0.15) is 0 Å². The number of allylic oxidation sites excluding steroid dienone is 1. The van der Waals surface area contributed by atoms with Gasteiger partial charge in [0, 0.05) is 18.0 Å². The fourth-order valence-corrected chi connectivity index (χ4v) is 3.79. The van der Waals surface area contributed by atoms with Crippen LogP contribution in [0.4, 0.5) is 0 Å². The second-order valence-electron chi connectivity index (χ2n) is 8.38. The number of nitrogens with one attached hydrogen (secondary N) is 2. The van der Waals surface area contributed by atoms with E-state index in [1.807, 2.05) is 0 Å². The van der Waals surface area contributed by atoms with Crippen LogP contribution in [-0.2, 0) is 9.59 Å². The van der Waals surface area contributed by atoms with Crippen molar-refractivity contribution in [2.24, 2.45) is 11.3 Å². The lowest BCUT2D eigenvalue weighted by atomic mass is 9.76. The first-order valence-corrected chi connectivity index (χ1v) is 9.21. The molecule has 2 N–H and O–H groups in total. The third-order valence-electron chi connectivity index (χ3n) is 5.95. The largest absolute Gasteiger partial charge is 0.353 e. The van der Waals surface area contributed by atoms with Gasteiger partial charge in [-0.05, 0) is 56.8 Å². The molecule has 0 aromatic heterocycles. The molecular formula is C19H30N2O2. The first kappa shape index (κ1) is 16.5. The van der Waals surface area contributed by atoms with Crippen molar-refractivity contribution in [2.45, 2.75) is 77.2 Å². The van der Waals surface area contributed by atoms with Gasteiger partial charge >= 0.3 is 0 Å². The molecule has 4 heteroatoms. The molecule has 2 saturated carbocycles. The lowest BCUT2D eigenvalue weighted by Gasteiger charge is -2.43. The third kappa shape index (κ3) is 3.78. The summed E-state index contributed by atoms with van der Waals surface area (Å²) in [4.78, 5) is 24.8. The van der Waals surface area contributed by atoms with Crippen LogP contribution >= 0.6 is 0 Å². The summed E-state index contributed by atoms with van der Waals surface area (Å²) in [5.74, 6) is 0.400. The molecule has 23 heavy (non-hydrogen) atoms. The Balaban J connectivity index is 1.53. The van der Waals surface area contributed by atoms with Crippen molar-refractivity contribution in [1.82, 2.24) is 10.6 Å². The summed E-state index contributed by atoms with van der Waals surface area (Å²) in [7, 11) is 0. The van der Waals surface area contributed by atoms with E-state index in [9.17, 15) is 9.59 Å². The third-order valence-corrected chi connectivity index (χ3v) is 5.95. The van der Waals surface area contributed by atoms with Crippen molar-refractivity contribution < 1.29 is 9.59 Å². The van der Waals surface area contributed by atoms with E-state index in [-0.39, 0.29) is 28.7 Å². The Morgan fingerprint density at radius 1 is 1.17 bits per heavy atom. The Bertz CT molecular complexity index is 517. The lowest BCUT2D eigenvalue weighted by Crippen LogP contribution is -2.60. The van der Waals surface area contributed by atoms with Crippen LogP contribution in [0.1, 0.15) is 71.6 Å². The quantitative estimate of drug-likeness (QED) is 0.818. The maximum absolute atomic E-state index is 12.6. The first-order chi connectivity index (χ1) is 10.9. The zero-order valence-electron chi connectivity index (χ0n) is 14.5. The summed E-state index contributed by atoms with van der Waals surface area (Å²) in [5, 5.41) is 6.33. The first-order valence-electron chi connectivity index (χ1n) is 9.21. The van der Waals surface area contributed by atoms with Crippen molar-refractivity contribution in [2.75, 3.05) is 6.54 Å². The standard InChI is InChI=1S/C19H30N2O2/c1-18(2)12-15(18)17(23)20-13-19(10-7-11-19)21-16(22)14-8-5-3-4-6-9-14/h8,15H,3-7,9-13H2,1-2H3,(H,20,23)(H,21,22)/t15-/m1/s1. The Hall–Kier alpha value is -1.32. The molecular weight excluding hydrogens is 288 g/mol. The summed E-state index contributed by atoms with van der Waals surface area (Å²) < 4.78 is 0. The van der Waals surface area contributed by atoms with E-state index in [1.54, 1.807) is 0 Å². The van der Waals surface area contributed by atoms with E-state index in [1.165, 1.54) is 12.8 Å². The molecule has 0 aliphatic heterocycles. The highest BCUT2D eigenvalue weighted by molar-refractivity contribution is 5.94. The number of amides is 2. The van der Waals surface area contributed by atoms with E-state index >= 15 is 0 Å². The zero-order chi connectivity index (χ0) is 16.5. The fraction of sp³-hybridized carbons (Fsp3) is 0.789. The van der Waals surface area contributed by atoms with Crippen LogP contribution in [-0.4, -0.2) is 23.9 Å². The number of carbonyl (C=O) groups is 2. The summed E-state index contributed by atoms with van der Waals surface area (Å²) in [6, 6.07) is 0. The van der Waals surface area contributed by atoms with Crippen LogP contribution in [0.5, 0.6) is 0 Å². The second-order valence-corrected chi connectivity index (χ2v) is 8.38. The minimum absolute atomic E-state index is 0.0904. The normalized spacial score (nSPS) is 27.9. The zero-order valence-corrected chi connectivity index (χ0v) is 14.5. The van der Waals surface area contributed by atoms with Gasteiger partial charge in [-0.1, -0.05) is 26.3 Å². The van der Waals surface area contributed by atoms with Gasteiger partial charge in [0.15, 0.2) is 0 Å². The minimum Gasteiger partial charge on any atom is -0.353 e. The van der Waals surface area contributed by atoms with Gasteiger partial charge in [0.2, 0.25) is 11.8 Å². The van der Waals surface area contributed by atoms with Gasteiger partial charge < -0.3 is 10.6 Å². The van der Waals surface area contributed by atoms with Crippen LogP contribution in [0.15, 0.2) is 11.6 Å². The molecule has 2 amide bonds. The van der Waals surface area contributed by atoms with Gasteiger partial charge in [-0.2, -0.15) is 0 Å². The predicted molar refractivity (Wildman–Crippen MR) is 90.8 cm³/mol. The highest BCUT2D eigenvalue weighted by Crippen LogP contribution is 2.51. The second kappa shape index (κ2) is 6.29. The Kier molecular flexibility index (Phi) is 4.52. The summed E-state index contributed by atoms with van der Waals surface area (Å²) >= 11 is 0. The summed E-state index contributed by atoms with van der Waals surface area (Å²) in [6.07, 6.45) is 11.6. The molecule has 3 aliphatic rings. The van der Waals surface area contributed by atoms with Gasteiger partial charge in [-0.25, -0.2) is 0 Å². The molecule has 0 aromatic carbocycles. The number of rotatable bonds is 5. The average Bonchev–Trinajstić information content (AvgIpc) is 3.18. The van der Waals surface area contributed by atoms with E-state index in [0.29, 0.717) is 6.54 Å². The molecule has 0 radical (unpaired) electrons. The van der Waals surface area contributed by atoms with E-state index in [0.717, 1.165) is 50.5 Å². The summed E-state index contributed by atoms with van der Waals surface area (Å²) in [5.41, 5.74) is 0.896. The van der Waals surface area contributed by atoms with Gasteiger partial charge in [-0.15, -0.1) is 0 Å². The van der Waals surface area contributed by atoms with Crippen molar-refractivity contribution in [3.63, 3.8) is 0 Å². The van der Waals surface area contributed by atoms with Gasteiger partial charge in [0.25, 0.3) is 0 Å². The van der Waals surface area contributed by atoms with Crippen molar-refractivity contribution >= 4 is 11.8 Å². The van der Waals surface area contributed by atoms with Crippen molar-refractivity contribution in [3.05, 3.63) is 11.6 Å². The van der Waals surface area contributed by atoms with Crippen LogP contribution < -0.4 is 10.6 Å². The monoisotopic (exact) mass is 318 g/mol. The van der Waals surface area contributed by atoms with Gasteiger partial charge in [0.05, 0.1) is 5.54 Å². The highest BCUT2D eigenvalue weighted by atomic mass is 16.2. The van der Waals surface area contributed by atoms with Crippen LogP contribution in [0.3, 0.4) is 0 Å². The average molecular weight is 318 g/mol. The number of hydrogen-bond donors (Lipinski definition) is 2. The lowest BCUT2D eigenvalue weighted by molar-refractivity contribution is -0.125. The fourth-order valence-electron chi connectivity index (χ4n) is 3.79. The molecule has 2 fully saturated rings. The molecule has 0 bridgehead atoms. The van der Waals surface area contributed by atoms with E-state index in [4.69, 9.17) is 0 Å². The Labute approximate surface area is 139 Å². The smallest absolute Gasteiger partial charge is 0.247 e. The number of carbonyl (C=O) groups excluding carboxylic acids is 2. The summed E-state index contributed by atoms with van der Waals surface area (Å²) in [6.45, 7) is 4.85.